The number of hydrogen-bond acceptors (Lipinski definition) is 2. The number of carbonyl (C=O) groups excluding carboxylic acids is 1. The molecule has 3 nitrogen and oxygen atoms in total. The monoisotopic (exact) mass is 282 g/mol. The van der Waals surface area contributed by atoms with Crippen LogP contribution in [0.25, 0.3) is 0 Å². The van der Waals surface area contributed by atoms with E-state index in [2.05, 4.69) is 32.6 Å². The minimum Gasteiger partial charge on any atom is -0.383 e. The lowest BCUT2D eigenvalue weighted by Crippen LogP contribution is -2.17. The average molecular weight is 283 g/mol. The molecule has 1 aliphatic rings. The Kier molecular flexibility index (Phi) is 3.83. The Morgan fingerprint density at radius 2 is 2.38 bits per heavy atom. The highest BCUT2D eigenvalue weighted by Gasteiger charge is 2.13. The predicted molar refractivity (Wildman–Crippen MR) is 70.3 cm³/mol. The normalized spacial score (nSPS) is 13.8. The second kappa shape index (κ2) is 5.34. The van der Waals surface area contributed by atoms with Crippen molar-refractivity contribution in [3.8, 4) is 0 Å². The molecule has 0 saturated carbocycles. The van der Waals surface area contributed by atoms with E-state index in [9.17, 15) is 4.79 Å². The molecule has 86 valence electrons. The van der Waals surface area contributed by atoms with Crippen LogP contribution in [0.15, 0.2) is 18.2 Å². The van der Waals surface area contributed by atoms with Gasteiger partial charge in [-0.3, -0.25) is 4.79 Å². The van der Waals surface area contributed by atoms with Gasteiger partial charge < -0.3 is 10.6 Å². The minimum absolute atomic E-state index is 0.0534. The zero-order valence-corrected chi connectivity index (χ0v) is 10.6. The summed E-state index contributed by atoms with van der Waals surface area (Å²) < 4.78 is 0. The van der Waals surface area contributed by atoms with E-state index >= 15 is 0 Å². The van der Waals surface area contributed by atoms with Gasteiger partial charge in [-0.05, 0) is 24.5 Å². The van der Waals surface area contributed by atoms with E-state index in [-0.39, 0.29) is 5.91 Å². The molecule has 1 aliphatic heterocycles. The molecule has 0 radical (unpaired) electrons. The minimum atomic E-state index is 0.0534. The van der Waals surface area contributed by atoms with Crippen LogP contribution < -0.4 is 10.6 Å². The summed E-state index contributed by atoms with van der Waals surface area (Å²) in [7, 11) is 0. The molecule has 0 bridgehead atoms. The van der Waals surface area contributed by atoms with E-state index in [1.165, 1.54) is 5.56 Å². The van der Waals surface area contributed by atoms with Crippen molar-refractivity contribution in [1.29, 1.82) is 0 Å². The first-order valence-electron chi connectivity index (χ1n) is 5.53. The molecular weight excluding hydrogens is 268 g/mol. The highest BCUT2D eigenvalue weighted by atomic mass is 79.9. The van der Waals surface area contributed by atoms with Crippen LogP contribution in [0.4, 0.5) is 11.4 Å². The molecule has 1 aromatic rings. The second-order valence-corrected chi connectivity index (χ2v) is 4.65. The lowest BCUT2D eigenvalue weighted by atomic mass is 10.0. The van der Waals surface area contributed by atoms with Gasteiger partial charge in [0.2, 0.25) is 5.91 Å². The van der Waals surface area contributed by atoms with E-state index in [1.807, 2.05) is 12.1 Å². The number of para-hydroxylation sites is 1. The molecule has 2 rings (SSSR count). The number of amides is 1. The number of rotatable bonds is 3. The molecule has 0 saturated heterocycles. The fourth-order valence-electron chi connectivity index (χ4n) is 1.91. The highest BCUT2D eigenvalue weighted by molar-refractivity contribution is 9.09. The van der Waals surface area contributed by atoms with Gasteiger partial charge in [0.15, 0.2) is 0 Å². The summed E-state index contributed by atoms with van der Waals surface area (Å²) in [6.45, 7) is 0.984. The zero-order chi connectivity index (χ0) is 11.4. The van der Waals surface area contributed by atoms with Crippen molar-refractivity contribution in [2.75, 3.05) is 22.5 Å². The third-order valence-electron chi connectivity index (χ3n) is 2.67. The Hall–Kier alpha value is -1.03. The number of carbonyl (C=O) groups is 1. The Morgan fingerprint density at radius 3 is 3.19 bits per heavy atom. The summed E-state index contributed by atoms with van der Waals surface area (Å²) in [5, 5.41) is 6.99. The van der Waals surface area contributed by atoms with Crippen molar-refractivity contribution in [3.05, 3.63) is 23.8 Å². The third kappa shape index (κ3) is 2.55. The van der Waals surface area contributed by atoms with Crippen LogP contribution in [-0.4, -0.2) is 17.8 Å². The third-order valence-corrected chi connectivity index (χ3v) is 3.07. The van der Waals surface area contributed by atoms with Gasteiger partial charge in [-0.2, -0.15) is 0 Å². The van der Waals surface area contributed by atoms with Crippen molar-refractivity contribution in [2.24, 2.45) is 0 Å². The molecule has 0 atom stereocenters. The summed E-state index contributed by atoms with van der Waals surface area (Å²) in [6.07, 6.45) is 2.75. The first-order chi connectivity index (χ1) is 7.81. The highest BCUT2D eigenvalue weighted by Crippen LogP contribution is 2.30. The molecule has 0 unspecified atom stereocenters. The quantitative estimate of drug-likeness (QED) is 0.837. The van der Waals surface area contributed by atoms with Crippen molar-refractivity contribution < 1.29 is 4.79 Å². The molecular formula is C12H15BrN2O. The molecule has 16 heavy (non-hydrogen) atoms. The maximum absolute atomic E-state index is 11.5. The second-order valence-electron chi connectivity index (χ2n) is 3.86. The van der Waals surface area contributed by atoms with Crippen molar-refractivity contribution >= 4 is 33.2 Å². The summed E-state index contributed by atoms with van der Waals surface area (Å²) in [6, 6.07) is 6.06. The van der Waals surface area contributed by atoms with E-state index in [0.29, 0.717) is 11.8 Å². The summed E-state index contributed by atoms with van der Waals surface area (Å²) >= 11 is 3.26. The molecule has 0 aromatic heterocycles. The van der Waals surface area contributed by atoms with Gasteiger partial charge in [0, 0.05) is 18.3 Å². The summed E-state index contributed by atoms with van der Waals surface area (Å²) in [5.41, 5.74) is 3.29. The first-order valence-corrected chi connectivity index (χ1v) is 6.65. The molecule has 1 amide bonds. The summed E-state index contributed by atoms with van der Waals surface area (Å²) in [4.78, 5) is 11.5. The van der Waals surface area contributed by atoms with Crippen LogP contribution in [0.1, 0.15) is 18.4 Å². The number of halogens is 1. The Morgan fingerprint density at radius 1 is 1.50 bits per heavy atom. The molecule has 2 N–H and O–H groups in total. The Balaban J connectivity index is 2.17. The van der Waals surface area contributed by atoms with Crippen LogP contribution in [0.3, 0.4) is 0 Å². The van der Waals surface area contributed by atoms with E-state index in [0.717, 1.165) is 30.8 Å². The first kappa shape index (κ1) is 11.5. The maximum Gasteiger partial charge on any atom is 0.225 e. The lowest BCUT2D eigenvalue weighted by molar-refractivity contribution is -0.115. The molecule has 0 aliphatic carbocycles. The van der Waals surface area contributed by atoms with Gasteiger partial charge in [0.25, 0.3) is 0 Å². The SMILES string of the molecule is O=C(CCBr)Nc1cccc2c1NCCC2. The largest absolute Gasteiger partial charge is 0.383 e. The number of fused-ring (bicyclic) bond motifs is 1. The van der Waals surface area contributed by atoms with Gasteiger partial charge in [0.05, 0.1) is 11.4 Å². The van der Waals surface area contributed by atoms with Crippen LogP contribution in [0, 0.1) is 0 Å². The molecule has 1 heterocycles. The van der Waals surface area contributed by atoms with Crippen molar-refractivity contribution in [1.82, 2.24) is 0 Å². The zero-order valence-electron chi connectivity index (χ0n) is 9.05. The Labute approximate surface area is 104 Å². The Bertz CT molecular complexity index is 393. The molecule has 1 aromatic carbocycles. The van der Waals surface area contributed by atoms with Crippen molar-refractivity contribution in [2.45, 2.75) is 19.3 Å². The topological polar surface area (TPSA) is 41.1 Å². The fourth-order valence-corrected chi connectivity index (χ4v) is 2.27. The maximum atomic E-state index is 11.5. The van der Waals surface area contributed by atoms with Gasteiger partial charge in [-0.15, -0.1) is 0 Å². The molecule has 0 spiro atoms. The van der Waals surface area contributed by atoms with Crippen LogP contribution in [0.2, 0.25) is 0 Å². The van der Waals surface area contributed by atoms with E-state index < -0.39 is 0 Å². The predicted octanol–water partition coefficient (Wildman–Crippen LogP) is 2.77. The number of alkyl halides is 1. The van der Waals surface area contributed by atoms with E-state index in [1.54, 1.807) is 0 Å². The van der Waals surface area contributed by atoms with Crippen molar-refractivity contribution in [3.63, 3.8) is 0 Å². The molecule has 4 heteroatoms. The van der Waals surface area contributed by atoms with Gasteiger partial charge in [-0.25, -0.2) is 0 Å². The standard InChI is InChI=1S/C12H15BrN2O/c13-7-6-11(16)15-10-5-1-3-9-4-2-8-14-12(9)10/h1,3,5,14H,2,4,6-8H2,(H,15,16). The lowest BCUT2D eigenvalue weighted by Gasteiger charge is -2.21. The number of hydrogen-bond donors (Lipinski definition) is 2. The summed E-state index contributed by atoms with van der Waals surface area (Å²) in [5.74, 6) is 0.0534. The van der Waals surface area contributed by atoms with Gasteiger partial charge in [0.1, 0.15) is 0 Å². The van der Waals surface area contributed by atoms with Crippen LogP contribution >= 0.6 is 15.9 Å². The van der Waals surface area contributed by atoms with Gasteiger partial charge >= 0.3 is 0 Å². The average Bonchev–Trinajstić information content (AvgIpc) is 2.30. The number of nitrogens with one attached hydrogen (secondary N) is 2. The smallest absolute Gasteiger partial charge is 0.225 e. The number of aryl methyl sites for hydroxylation is 1. The number of benzene rings is 1. The molecule has 0 fully saturated rings. The fraction of sp³-hybridized carbons (Fsp3) is 0.417. The van der Waals surface area contributed by atoms with Crippen LogP contribution in [-0.2, 0) is 11.2 Å². The van der Waals surface area contributed by atoms with Gasteiger partial charge in [-0.1, -0.05) is 28.1 Å². The number of anilines is 2. The van der Waals surface area contributed by atoms with E-state index in [4.69, 9.17) is 0 Å². The van der Waals surface area contributed by atoms with Crippen LogP contribution in [0.5, 0.6) is 0 Å².